The van der Waals surface area contributed by atoms with Gasteiger partial charge < -0.3 is 5.73 Å². The predicted molar refractivity (Wildman–Crippen MR) is 78.0 cm³/mol. The average Bonchev–Trinajstić information content (AvgIpc) is 2.65. The van der Waals surface area contributed by atoms with Crippen molar-refractivity contribution < 1.29 is 0 Å². The van der Waals surface area contributed by atoms with Gasteiger partial charge in [-0.1, -0.05) is 0 Å². The van der Waals surface area contributed by atoms with Crippen molar-refractivity contribution in [3.63, 3.8) is 0 Å². The number of rotatable bonds is 1. The molecular weight excluding hydrogens is 252 g/mol. The lowest BCUT2D eigenvalue weighted by Crippen LogP contribution is -2.48. The Bertz CT molecular complexity index is 543. The highest BCUT2D eigenvalue weighted by molar-refractivity contribution is 7.13. The van der Waals surface area contributed by atoms with Crippen LogP contribution in [-0.2, 0) is 5.41 Å². The molecule has 0 atom stereocenters. The number of nitriles is 1. The summed E-state index contributed by atoms with van der Waals surface area (Å²) in [5, 5.41) is 9.22. The first-order valence-corrected chi connectivity index (χ1v) is 8.22. The van der Waals surface area contributed by atoms with Gasteiger partial charge in [0.15, 0.2) is 0 Å². The van der Waals surface area contributed by atoms with E-state index in [1.807, 2.05) is 0 Å². The largest absolute Gasteiger partial charge is 0.397 e. The summed E-state index contributed by atoms with van der Waals surface area (Å²) in [5.74, 6) is 2.83. The van der Waals surface area contributed by atoms with E-state index in [1.54, 1.807) is 11.3 Å². The Balaban J connectivity index is 1.82. The molecular formula is C16H20N2S. The van der Waals surface area contributed by atoms with Crippen molar-refractivity contribution in [2.45, 2.75) is 50.9 Å². The van der Waals surface area contributed by atoms with Gasteiger partial charge >= 0.3 is 0 Å². The lowest BCUT2D eigenvalue weighted by atomic mass is 9.49. The number of hydrogen-bond donors (Lipinski definition) is 1. The van der Waals surface area contributed by atoms with Gasteiger partial charge in [-0.3, -0.25) is 0 Å². The van der Waals surface area contributed by atoms with Gasteiger partial charge in [-0.15, -0.1) is 11.3 Å². The highest BCUT2D eigenvalue weighted by Crippen LogP contribution is 2.62. The quantitative estimate of drug-likeness (QED) is 0.840. The molecule has 0 radical (unpaired) electrons. The molecule has 4 bridgehead atoms. The van der Waals surface area contributed by atoms with Crippen molar-refractivity contribution in [2.24, 2.45) is 17.8 Å². The van der Waals surface area contributed by atoms with Crippen LogP contribution in [-0.4, -0.2) is 0 Å². The fourth-order valence-corrected chi connectivity index (χ4v) is 6.75. The van der Waals surface area contributed by atoms with Crippen LogP contribution in [0.4, 0.5) is 5.69 Å². The van der Waals surface area contributed by atoms with Crippen LogP contribution >= 0.6 is 11.3 Å². The molecule has 0 saturated heterocycles. The highest BCUT2D eigenvalue weighted by Gasteiger charge is 2.52. The number of hydrogen-bond acceptors (Lipinski definition) is 3. The van der Waals surface area contributed by atoms with Crippen LogP contribution in [0, 0.1) is 36.0 Å². The summed E-state index contributed by atoms with van der Waals surface area (Å²) in [6.07, 6.45) is 8.44. The molecule has 4 saturated carbocycles. The van der Waals surface area contributed by atoms with Gasteiger partial charge in [0.1, 0.15) is 10.9 Å². The summed E-state index contributed by atoms with van der Waals surface area (Å²) in [6.45, 7) is 2.13. The maximum Gasteiger partial charge on any atom is 0.128 e. The summed E-state index contributed by atoms with van der Waals surface area (Å²) in [7, 11) is 0. The second kappa shape index (κ2) is 3.76. The third kappa shape index (κ3) is 1.53. The van der Waals surface area contributed by atoms with Crippen LogP contribution in [0.3, 0.4) is 0 Å². The maximum atomic E-state index is 9.22. The Morgan fingerprint density at radius 2 is 1.68 bits per heavy atom. The summed E-state index contributed by atoms with van der Waals surface area (Å²) >= 11 is 1.69. The minimum atomic E-state index is 0.382. The van der Waals surface area contributed by atoms with E-state index in [1.165, 1.54) is 49.0 Å². The number of nitrogens with two attached hydrogens (primary N) is 1. The van der Waals surface area contributed by atoms with Gasteiger partial charge in [-0.05, 0) is 68.8 Å². The lowest BCUT2D eigenvalue weighted by Gasteiger charge is -2.56. The second-order valence-corrected chi connectivity index (χ2v) is 8.13. The Morgan fingerprint density at radius 1 is 1.16 bits per heavy atom. The third-order valence-electron chi connectivity index (χ3n) is 5.81. The van der Waals surface area contributed by atoms with E-state index in [9.17, 15) is 5.26 Å². The monoisotopic (exact) mass is 272 g/mol. The van der Waals surface area contributed by atoms with E-state index in [2.05, 4.69) is 13.0 Å². The molecule has 0 unspecified atom stereocenters. The van der Waals surface area contributed by atoms with Crippen LogP contribution in [0.5, 0.6) is 0 Å². The van der Waals surface area contributed by atoms with E-state index in [-0.39, 0.29) is 0 Å². The number of nitrogens with zero attached hydrogens (tertiary/aromatic N) is 1. The van der Waals surface area contributed by atoms with E-state index >= 15 is 0 Å². The van der Waals surface area contributed by atoms with Gasteiger partial charge in [0.25, 0.3) is 0 Å². The first-order chi connectivity index (χ1) is 9.11. The zero-order chi connectivity index (χ0) is 13.2. The Morgan fingerprint density at radius 3 is 2.11 bits per heavy atom. The van der Waals surface area contributed by atoms with E-state index < -0.39 is 0 Å². The fourth-order valence-electron chi connectivity index (χ4n) is 5.50. The Hall–Kier alpha value is -1.01. The van der Waals surface area contributed by atoms with Crippen molar-refractivity contribution >= 4 is 17.0 Å². The minimum absolute atomic E-state index is 0.382. The maximum absolute atomic E-state index is 9.22. The van der Waals surface area contributed by atoms with E-state index in [0.29, 0.717) is 5.41 Å². The van der Waals surface area contributed by atoms with Gasteiger partial charge in [0.2, 0.25) is 0 Å². The molecule has 0 aliphatic heterocycles. The van der Waals surface area contributed by atoms with Gasteiger partial charge in [-0.25, -0.2) is 0 Å². The molecule has 0 aromatic carbocycles. The van der Waals surface area contributed by atoms with Crippen LogP contribution in [0.2, 0.25) is 0 Å². The molecule has 19 heavy (non-hydrogen) atoms. The Kier molecular flexibility index (Phi) is 2.33. The zero-order valence-electron chi connectivity index (χ0n) is 11.4. The molecule has 4 fully saturated rings. The molecule has 0 spiro atoms. The van der Waals surface area contributed by atoms with E-state index in [4.69, 9.17) is 5.73 Å². The third-order valence-corrected chi connectivity index (χ3v) is 7.27. The first kappa shape index (κ1) is 11.8. The smallest absolute Gasteiger partial charge is 0.128 e. The van der Waals surface area contributed by atoms with Crippen molar-refractivity contribution in [1.82, 2.24) is 0 Å². The minimum Gasteiger partial charge on any atom is -0.397 e. The number of nitrogen functional groups attached to an aromatic ring is 1. The number of thiophene rings is 1. The van der Waals surface area contributed by atoms with Crippen LogP contribution in [0.15, 0.2) is 0 Å². The van der Waals surface area contributed by atoms with Crippen molar-refractivity contribution in [2.75, 3.05) is 5.73 Å². The lowest BCUT2D eigenvalue weighted by molar-refractivity contribution is -0.00369. The van der Waals surface area contributed by atoms with E-state index in [0.717, 1.165) is 28.3 Å². The van der Waals surface area contributed by atoms with Gasteiger partial charge in [-0.2, -0.15) is 5.26 Å². The first-order valence-electron chi connectivity index (χ1n) is 7.41. The topological polar surface area (TPSA) is 49.8 Å². The normalized spacial score (nSPS) is 39.5. The summed E-state index contributed by atoms with van der Waals surface area (Å²) in [5.41, 5.74) is 8.46. The molecule has 4 aliphatic carbocycles. The molecule has 5 rings (SSSR count). The second-order valence-electron chi connectivity index (χ2n) is 7.11. The van der Waals surface area contributed by atoms with Crippen molar-refractivity contribution in [3.05, 3.63) is 15.3 Å². The van der Waals surface area contributed by atoms with Gasteiger partial charge in [0, 0.05) is 10.3 Å². The molecule has 0 amide bonds. The van der Waals surface area contributed by atoms with Crippen LogP contribution in [0.1, 0.15) is 53.8 Å². The Labute approximate surface area is 118 Å². The van der Waals surface area contributed by atoms with Crippen molar-refractivity contribution in [1.29, 1.82) is 5.26 Å². The molecule has 100 valence electrons. The SMILES string of the molecule is Cc1c(C23CC4CC(CC(C4)C2)C3)sc(C#N)c1N. The summed E-state index contributed by atoms with van der Waals surface area (Å²) in [6, 6.07) is 2.28. The number of anilines is 1. The van der Waals surface area contributed by atoms with Crippen molar-refractivity contribution in [3.8, 4) is 6.07 Å². The molecule has 1 heterocycles. The molecule has 1 aromatic heterocycles. The fraction of sp³-hybridized carbons (Fsp3) is 0.688. The summed E-state index contributed by atoms with van der Waals surface area (Å²) in [4.78, 5) is 2.20. The molecule has 2 N–H and O–H groups in total. The average molecular weight is 272 g/mol. The molecule has 1 aromatic rings. The zero-order valence-corrected chi connectivity index (χ0v) is 12.2. The molecule has 3 heteroatoms. The van der Waals surface area contributed by atoms with Crippen LogP contribution < -0.4 is 5.73 Å². The predicted octanol–water partition coefficient (Wildman–Crippen LogP) is 3.98. The molecule has 2 nitrogen and oxygen atoms in total. The standard InChI is InChI=1S/C16H20N2S/c1-9-14(18)13(8-17)19-15(9)16-5-10-2-11(6-16)4-12(3-10)7-16/h10-12H,2-7,18H2,1H3. The molecule has 4 aliphatic rings. The highest BCUT2D eigenvalue weighted by atomic mass is 32.1. The summed E-state index contributed by atoms with van der Waals surface area (Å²) < 4.78 is 0. The van der Waals surface area contributed by atoms with Crippen LogP contribution in [0.25, 0.3) is 0 Å². The van der Waals surface area contributed by atoms with Gasteiger partial charge in [0.05, 0.1) is 5.69 Å².